The van der Waals surface area contributed by atoms with Gasteiger partial charge < -0.3 is 4.90 Å². The lowest BCUT2D eigenvalue weighted by atomic mass is 10.1. The van der Waals surface area contributed by atoms with Gasteiger partial charge in [-0.15, -0.1) is 0 Å². The normalized spacial score (nSPS) is 22.8. The van der Waals surface area contributed by atoms with Crippen LogP contribution in [-0.4, -0.2) is 47.8 Å². The van der Waals surface area contributed by atoms with Gasteiger partial charge >= 0.3 is 0 Å². The Hall–Kier alpha value is -1.16. The van der Waals surface area contributed by atoms with Crippen molar-refractivity contribution in [3.05, 3.63) is 12.2 Å². The second kappa shape index (κ2) is 4.57. The number of carbonyl (C=O) groups excluding carboxylic acids is 2. The molecule has 2 heterocycles. The third-order valence-corrected chi connectivity index (χ3v) is 2.99. The van der Waals surface area contributed by atoms with Crippen LogP contribution in [0.5, 0.6) is 0 Å². The summed E-state index contributed by atoms with van der Waals surface area (Å²) in [6.07, 6.45) is 6.47. The van der Waals surface area contributed by atoms with E-state index in [1.165, 1.54) is 36.3 Å². The van der Waals surface area contributed by atoms with Crippen molar-refractivity contribution < 1.29 is 9.59 Å². The lowest BCUT2D eigenvalue weighted by Crippen LogP contribution is -2.40. The van der Waals surface area contributed by atoms with Crippen LogP contribution in [0.2, 0.25) is 0 Å². The van der Waals surface area contributed by atoms with Crippen molar-refractivity contribution in [2.24, 2.45) is 0 Å². The topological polar surface area (TPSA) is 40.6 Å². The quantitative estimate of drug-likeness (QED) is 0.630. The third-order valence-electron chi connectivity index (χ3n) is 2.99. The fourth-order valence-corrected chi connectivity index (χ4v) is 2.08. The van der Waals surface area contributed by atoms with Crippen LogP contribution in [0, 0.1) is 0 Å². The Bertz CT molecular complexity index is 275. The van der Waals surface area contributed by atoms with Gasteiger partial charge in [0.15, 0.2) is 0 Å². The molecular weight excluding hydrogens is 192 g/mol. The van der Waals surface area contributed by atoms with Crippen LogP contribution in [0.1, 0.15) is 19.3 Å². The van der Waals surface area contributed by atoms with Gasteiger partial charge in [0.1, 0.15) is 0 Å². The molecule has 0 atom stereocenters. The van der Waals surface area contributed by atoms with E-state index in [-0.39, 0.29) is 11.8 Å². The average molecular weight is 208 g/mol. The summed E-state index contributed by atoms with van der Waals surface area (Å²) in [5.41, 5.74) is 0. The lowest BCUT2D eigenvalue weighted by molar-refractivity contribution is -0.137. The van der Waals surface area contributed by atoms with Crippen molar-refractivity contribution in [1.29, 1.82) is 0 Å². The Labute approximate surface area is 89.5 Å². The minimum atomic E-state index is -0.169. The second-order valence-corrected chi connectivity index (χ2v) is 4.06. The molecule has 2 amide bonds. The maximum Gasteiger partial charge on any atom is 0.253 e. The molecule has 2 aliphatic rings. The summed E-state index contributed by atoms with van der Waals surface area (Å²) < 4.78 is 0. The Balaban J connectivity index is 1.77. The van der Waals surface area contributed by atoms with E-state index in [2.05, 4.69) is 4.90 Å². The molecule has 0 aliphatic carbocycles. The number of hydrogen-bond acceptors (Lipinski definition) is 3. The lowest BCUT2D eigenvalue weighted by Gasteiger charge is -2.27. The molecule has 0 radical (unpaired) electrons. The molecule has 0 bridgehead atoms. The summed E-state index contributed by atoms with van der Waals surface area (Å²) in [6, 6.07) is 0. The maximum absolute atomic E-state index is 11.3. The second-order valence-electron chi connectivity index (χ2n) is 4.06. The molecule has 4 heteroatoms. The molecule has 0 spiro atoms. The van der Waals surface area contributed by atoms with Crippen LogP contribution < -0.4 is 0 Å². The maximum atomic E-state index is 11.3. The molecule has 4 nitrogen and oxygen atoms in total. The fourth-order valence-electron chi connectivity index (χ4n) is 2.08. The molecule has 15 heavy (non-hydrogen) atoms. The van der Waals surface area contributed by atoms with E-state index in [9.17, 15) is 9.59 Å². The molecular formula is C11H16N2O2. The van der Waals surface area contributed by atoms with Gasteiger partial charge in [0, 0.05) is 25.2 Å². The highest BCUT2D eigenvalue weighted by molar-refractivity contribution is 6.12. The number of carbonyl (C=O) groups is 2. The molecule has 82 valence electrons. The highest BCUT2D eigenvalue weighted by Crippen LogP contribution is 2.09. The zero-order chi connectivity index (χ0) is 10.7. The first-order valence-corrected chi connectivity index (χ1v) is 5.53. The van der Waals surface area contributed by atoms with E-state index in [0.717, 1.165) is 19.6 Å². The van der Waals surface area contributed by atoms with Crippen molar-refractivity contribution in [3.63, 3.8) is 0 Å². The highest BCUT2D eigenvalue weighted by Gasteiger charge is 2.23. The molecule has 2 rings (SSSR count). The summed E-state index contributed by atoms with van der Waals surface area (Å²) in [5, 5.41) is 0. The van der Waals surface area contributed by atoms with Crippen molar-refractivity contribution in [1.82, 2.24) is 9.80 Å². The SMILES string of the molecule is O=C1C=CC(=O)N1CCN1CCCCC1. The van der Waals surface area contributed by atoms with E-state index in [1.54, 1.807) is 0 Å². The smallest absolute Gasteiger partial charge is 0.253 e. The molecule has 2 aliphatic heterocycles. The van der Waals surface area contributed by atoms with Crippen LogP contribution in [0.15, 0.2) is 12.2 Å². The van der Waals surface area contributed by atoms with Gasteiger partial charge in [-0.2, -0.15) is 0 Å². The molecule has 1 fully saturated rings. The first-order valence-electron chi connectivity index (χ1n) is 5.53. The Morgan fingerprint density at radius 1 is 0.933 bits per heavy atom. The summed E-state index contributed by atoms with van der Waals surface area (Å²) in [5.74, 6) is -0.339. The van der Waals surface area contributed by atoms with Gasteiger partial charge in [-0.05, 0) is 25.9 Å². The Kier molecular flexibility index (Phi) is 3.16. The fraction of sp³-hybridized carbons (Fsp3) is 0.636. The Morgan fingerprint density at radius 3 is 2.13 bits per heavy atom. The van der Waals surface area contributed by atoms with E-state index >= 15 is 0 Å². The summed E-state index contributed by atoms with van der Waals surface area (Å²) in [6.45, 7) is 3.55. The number of imide groups is 1. The van der Waals surface area contributed by atoms with Gasteiger partial charge in [0.05, 0.1) is 0 Å². The minimum Gasteiger partial charge on any atom is -0.302 e. The molecule has 0 aromatic carbocycles. The molecule has 1 saturated heterocycles. The van der Waals surface area contributed by atoms with Crippen molar-refractivity contribution in [2.45, 2.75) is 19.3 Å². The van der Waals surface area contributed by atoms with Crippen molar-refractivity contribution >= 4 is 11.8 Å². The number of rotatable bonds is 3. The van der Waals surface area contributed by atoms with Crippen LogP contribution in [0.4, 0.5) is 0 Å². The van der Waals surface area contributed by atoms with Gasteiger partial charge in [-0.1, -0.05) is 6.42 Å². The zero-order valence-corrected chi connectivity index (χ0v) is 8.82. The predicted octanol–water partition coefficient (Wildman–Crippen LogP) is 0.397. The Morgan fingerprint density at radius 2 is 1.53 bits per heavy atom. The standard InChI is InChI=1S/C11H16N2O2/c14-10-4-5-11(15)13(10)9-8-12-6-2-1-3-7-12/h4-5H,1-3,6-9H2. The third kappa shape index (κ3) is 2.45. The first-order chi connectivity index (χ1) is 7.27. The monoisotopic (exact) mass is 208 g/mol. The number of hydrogen-bond donors (Lipinski definition) is 0. The number of nitrogens with zero attached hydrogens (tertiary/aromatic N) is 2. The van der Waals surface area contributed by atoms with Crippen molar-refractivity contribution in [3.8, 4) is 0 Å². The molecule has 0 saturated carbocycles. The zero-order valence-electron chi connectivity index (χ0n) is 8.82. The van der Waals surface area contributed by atoms with Gasteiger partial charge in [-0.25, -0.2) is 0 Å². The number of amides is 2. The van der Waals surface area contributed by atoms with Gasteiger partial charge in [0.25, 0.3) is 11.8 Å². The van der Waals surface area contributed by atoms with Gasteiger partial charge in [0.2, 0.25) is 0 Å². The number of piperidine rings is 1. The van der Waals surface area contributed by atoms with Gasteiger partial charge in [-0.3, -0.25) is 14.5 Å². The van der Waals surface area contributed by atoms with E-state index < -0.39 is 0 Å². The highest BCUT2D eigenvalue weighted by atomic mass is 16.2. The van der Waals surface area contributed by atoms with Crippen LogP contribution >= 0.6 is 0 Å². The van der Waals surface area contributed by atoms with E-state index in [4.69, 9.17) is 0 Å². The average Bonchev–Trinajstić information content (AvgIpc) is 2.58. The summed E-state index contributed by atoms with van der Waals surface area (Å²) in [4.78, 5) is 26.2. The molecule has 0 aromatic rings. The van der Waals surface area contributed by atoms with Crippen molar-refractivity contribution in [2.75, 3.05) is 26.2 Å². The molecule has 0 N–H and O–H groups in total. The molecule has 0 unspecified atom stereocenters. The van der Waals surface area contributed by atoms with Crippen LogP contribution in [0.25, 0.3) is 0 Å². The number of likely N-dealkylation sites (tertiary alicyclic amines) is 1. The largest absolute Gasteiger partial charge is 0.302 e. The minimum absolute atomic E-state index is 0.169. The predicted molar refractivity (Wildman–Crippen MR) is 56.2 cm³/mol. The summed E-state index contributed by atoms with van der Waals surface area (Å²) >= 11 is 0. The summed E-state index contributed by atoms with van der Waals surface area (Å²) in [7, 11) is 0. The van der Waals surface area contributed by atoms with E-state index in [1.807, 2.05) is 0 Å². The first kappa shape index (κ1) is 10.4. The molecule has 0 aromatic heterocycles. The van der Waals surface area contributed by atoms with Crippen LogP contribution in [0.3, 0.4) is 0 Å². The van der Waals surface area contributed by atoms with Crippen LogP contribution in [-0.2, 0) is 9.59 Å². The van der Waals surface area contributed by atoms with E-state index in [0.29, 0.717) is 6.54 Å².